The van der Waals surface area contributed by atoms with Crippen molar-refractivity contribution >= 4 is 15.8 Å². The molecule has 2 N–H and O–H groups in total. The Morgan fingerprint density at radius 1 is 1.20 bits per heavy atom. The Morgan fingerprint density at radius 3 is 2.57 bits per heavy atom. The number of aromatic nitrogens is 2. The number of nitrogens with one attached hydrogen (secondary N) is 2. The third kappa shape index (κ3) is 5.60. The van der Waals surface area contributed by atoms with Crippen LogP contribution in [0.3, 0.4) is 0 Å². The molecule has 164 valence electrons. The highest BCUT2D eigenvalue weighted by molar-refractivity contribution is 7.92. The third-order valence-electron chi connectivity index (χ3n) is 5.53. The fourth-order valence-electron chi connectivity index (χ4n) is 3.61. The summed E-state index contributed by atoms with van der Waals surface area (Å²) in [5.41, 5.74) is 2.26. The molecule has 0 spiro atoms. The Balaban J connectivity index is 1.72. The first-order valence-corrected chi connectivity index (χ1v) is 12.2. The highest BCUT2D eigenvalue weighted by Crippen LogP contribution is 2.28. The highest BCUT2D eigenvalue weighted by atomic mass is 32.2. The number of hydrogen-bond donors (Lipinski definition) is 2. The second-order valence-corrected chi connectivity index (χ2v) is 10.00. The van der Waals surface area contributed by atoms with Crippen LogP contribution in [0.4, 0.5) is 0 Å². The number of rotatable bonds is 8. The van der Waals surface area contributed by atoms with Crippen molar-refractivity contribution in [2.24, 2.45) is 4.99 Å². The summed E-state index contributed by atoms with van der Waals surface area (Å²) < 4.78 is 31.4. The summed E-state index contributed by atoms with van der Waals surface area (Å²) in [5, 5.41) is 10.8. The second kappa shape index (κ2) is 10.1. The molecule has 0 bridgehead atoms. The molecule has 30 heavy (non-hydrogen) atoms. The van der Waals surface area contributed by atoms with Crippen LogP contribution < -0.4 is 10.6 Å². The molecule has 0 radical (unpaired) electrons. The van der Waals surface area contributed by atoms with Gasteiger partial charge in [-0.2, -0.15) is 5.10 Å². The third-order valence-corrected chi connectivity index (χ3v) is 7.66. The zero-order chi connectivity index (χ0) is 21.5. The van der Waals surface area contributed by atoms with Gasteiger partial charge in [0.1, 0.15) is 0 Å². The minimum absolute atomic E-state index is 0.315. The molecule has 0 atom stereocenters. The average Bonchev–Trinajstić information content (AvgIpc) is 3.24. The number of hydrogen-bond acceptors (Lipinski definition) is 5. The lowest BCUT2D eigenvalue weighted by Gasteiger charge is -2.35. The van der Waals surface area contributed by atoms with E-state index in [2.05, 4.69) is 27.9 Å². The summed E-state index contributed by atoms with van der Waals surface area (Å²) in [7, 11) is -3.24. The molecule has 0 aliphatic carbocycles. The number of sulfone groups is 1. The van der Waals surface area contributed by atoms with Crippen LogP contribution in [0.25, 0.3) is 0 Å². The van der Waals surface area contributed by atoms with Crippen LogP contribution in [0.2, 0.25) is 0 Å². The van der Waals surface area contributed by atoms with Crippen molar-refractivity contribution in [3.63, 3.8) is 0 Å². The van der Waals surface area contributed by atoms with Gasteiger partial charge < -0.3 is 15.4 Å². The van der Waals surface area contributed by atoms with E-state index in [1.807, 2.05) is 36.0 Å². The molecule has 8 nitrogen and oxygen atoms in total. The highest BCUT2D eigenvalue weighted by Gasteiger charge is 2.42. The van der Waals surface area contributed by atoms with Gasteiger partial charge in [0, 0.05) is 45.0 Å². The van der Waals surface area contributed by atoms with Gasteiger partial charge in [0.2, 0.25) is 0 Å². The van der Waals surface area contributed by atoms with Crippen molar-refractivity contribution < 1.29 is 13.2 Å². The van der Waals surface area contributed by atoms with E-state index in [0.717, 1.165) is 11.1 Å². The molecule has 1 aliphatic heterocycles. The molecule has 1 aromatic heterocycles. The van der Waals surface area contributed by atoms with Crippen molar-refractivity contribution in [3.8, 4) is 0 Å². The van der Waals surface area contributed by atoms with Gasteiger partial charge in [0.15, 0.2) is 15.8 Å². The van der Waals surface area contributed by atoms with Crippen molar-refractivity contribution in [3.05, 3.63) is 53.9 Å². The zero-order valence-electron chi connectivity index (χ0n) is 17.7. The van der Waals surface area contributed by atoms with E-state index < -0.39 is 14.6 Å². The van der Waals surface area contributed by atoms with Gasteiger partial charge >= 0.3 is 0 Å². The standard InChI is InChI=1S/C21H31N5O3S/c1-3-22-20(24-17-21(30(2,27)28)9-13-29-14-10-21)23-15-18-7-4-5-8-19(18)16-26-12-6-11-25-26/h4-8,11-12H,3,9-10,13-17H2,1-2H3,(H2,22,23,24). The summed E-state index contributed by atoms with van der Waals surface area (Å²) in [6.07, 6.45) is 6.00. The molecule has 1 aromatic carbocycles. The van der Waals surface area contributed by atoms with E-state index >= 15 is 0 Å². The number of aliphatic imine (C=N–C) groups is 1. The molecule has 1 aliphatic rings. The van der Waals surface area contributed by atoms with E-state index in [-0.39, 0.29) is 0 Å². The van der Waals surface area contributed by atoms with Gasteiger partial charge in [-0.3, -0.25) is 4.68 Å². The second-order valence-electron chi connectivity index (χ2n) is 7.59. The van der Waals surface area contributed by atoms with Crippen LogP contribution >= 0.6 is 0 Å². The Morgan fingerprint density at radius 2 is 1.93 bits per heavy atom. The molecule has 9 heteroatoms. The Bertz CT molecular complexity index is 935. The molecule has 2 heterocycles. The van der Waals surface area contributed by atoms with Crippen molar-refractivity contribution in [2.75, 3.05) is 32.6 Å². The summed E-state index contributed by atoms with van der Waals surface area (Å²) in [6, 6.07) is 10.0. The maximum absolute atomic E-state index is 12.5. The topological polar surface area (TPSA) is 97.6 Å². The first-order valence-electron chi connectivity index (χ1n) is 10.3. The zero-order valence-corrected chi connectivity index (χ0v) is 18.5. The first kappa shape index (κ1) is 22.3. The SMILES string of the molecule is CCNC(=NCc1ccccc1Cn1cccn1)NCC1(S(C)(=O)=O)CCOCC1. The van der Waals surface area contributed by atoms with Crippen LogP contribution in [0.5, 0.6) is 0 Å². The largest absolute Gasteiger partial charge is 0.381 e. The van der Waals surface area contributed by atoms with Crippen LogP contribution in [-0.4, -0.2) is 61.5 Å². The normalized spacial score (nSPS) is 16.9. The van der Waals surface area contributed by atoms with Gasteiger partial charge in [-0.15, -0.1) is 0 Å². The summed E-state index contributed by atoms with van der Waals surface area (Å²) in [6.45, 7) is 5.09. The number of ether oxygens (including phenoxy) is 1. The van der Waals surface area contributed by atoms with E-state index in [1.54, 1.807) is 6.20 Å². The Kier molecular flexibility index (Phi) is 7.49. The van der Waals surface area contributed by atoms with Crippen LogP contribution in [0, 0.1) is 0 Å². The quantitative estimate of drug-likeness (QED) is 0.485. The fourth-order valence-corrected chi connectivity index (χ4v) is 4.85. The molecule has 1 fully saturated rings. The van der Waals surface area contributed by atoms with E-state index in [4.69, 9.17) is 9.73 Å². The number of guanidine groups is 1. The number of benzene rings is 1. The van der Waals surface area contributed by atoms with Gasteiger partial charge in [-0.25, -0.2) is 13.4 Å². The van der Waals surface area contributed by atoms with Gasteiger partial charge in [-0.05, 0) is 37.0 Å². The molecule has 0 amide bonds. The van der Waals surface area contributed by atoms with Gasteiger partial charge in [0.05, 0.1) is 17.8 Å². The maximum atomic E-state index is 12.5. The lowest BCUT2D eigenvalue weighted by molar-refractivity contribution is 0.0756. The molecule has 2 aromatic rings. The summed E-state index contributed by atoms with van der Waals surface area (Å²) in [4.78, 5) is 4.71. The van der Waals surface area contributed by atoms with Gasteiger partial charge in [-0.1, -0.05) is 24.3 Å². The average molecular weight is 434 g/mol. The first-order chi connectivity index (χ1) is 14.4. The van der Waals surface area contributed by atoms with E-state index in [0.29, 0.717) is 58.2 Å². The van der Waals surface area contributed by atoms with E-state index in [9.17, 15) is 8.42 Å². The number of nitrogens with zero attached hydrogens (tertiary/aromatic N) is 3. The Hall–Kier alpha value is -2.39. The van der Waals surface area contributed by atoms with Crippen LogP contribution in [-0.2, 0) is 27.7 Å². The maximum Gasteiger partial charge on any atom is 0.191 e. The predicted octanol–water partition coefficient (Wildman–Crippen LogP) is 1.58. The minimum Gasteiger partial charge on any atom is -0.381 e. The smallest absolute Gasteiger partial charge is 0.191 e. The lowest BCUT2D eigenvalue weighted by atomic mass is 9.99. The summed E-state index contributed by atoms with van der Waals surface area (Å²) in [5.74, 6) is 0.612. The summed E-state index contributed by atoms with van der Waals surface area (Å²) >= 11 is 0. The molecule has 3 rings (SSSR count). The fraction of sp³-hybridized carbons (Fsp3) is 0.524. The molecule has 0 saturated carbocycles. The predicted molar refractivity (Wildman–Crippen MR) is 118 cm³/mol. The van der Waals surface area contributed by atoms with Crippen molar-refractivity contribution in [2.45, 2.75) is 37.6 Å². The van der Waals surface area contributed by atoms with Crippen molar-refractivity contribution in [1.29, 1.82) is 0 Å². The van der Waals surface area contributed by atoms with Crippen LogP contribution in [0.15, 0.2) is 47.7 Å². The van der Waals surface area contributed by atoms with E-state index in [1.165, 1.54) is 6.26 Å². The van der Waals surface area contributed by atoms with Crippen molar-refractivity contribution in [1.82, 2.24) is 20.4 Å². The monoisotopic (exact) mass is 433 g/mol. The minimum atomic E-state index is -3.24. The van der Waals surface area contributed by atoms with Gasteiger partial charge in [0.25, 0.3) is 0 Å². The Labute approximate surface area is 178 Å². The molecule has 0 unspecified atom stereocenters. The molecular weight excluding hydrogens is 402 g/mol. The molecular formula is C21H31N5O3S. The van der Waals surface area contributed by atoms with Crippen LogP contribution in [0.1, 0.15) is 30.9 Å². The lowest BCUT2D eigenvalue weighted by Crippen LogP contribution is -2.53. The molecule has 1 saturated heterocycles.